The third-order valence-corrected chi connectivity index (χ3v) is 5.10. The van der Waals surface area contributed by atoms with Gasteiger partial charge in [0.2, 0.25) is 10.0 Å². The van der Waals surface area contributed by atoms with Crippen molar-refractivity contribution in [2.75, 3.05) is 7.11 Å². The number of carbonyl (C=O) groups is 1. The van der Waals surface area contributed by atoms with E-state index in [4.69, 9.17) is 4.74 Å². The highest BCUT2D eigenvalue weighted by Gasteiger charge is 2.17. The number of hydrogen-bond acceptors (Lipinski definition) is 4. The lowest BCUT2D eigenvalue weighted by Crippen LogP contribution is -2.24. The molecule has 0 radical (unpaired) electrons. The Bertz CT molecular complexity index is 873. The number of rotatable bonds is 6. The Hall–Kier alpha value is -2.18. The van der Waals surface area contributed by atoms with Gasteiger partial charge in [0.15, 0.2) is 5.78 Å². The third kappa shape index (κ3) is 4.01. The molecule has 1 N–H and O–H groups in total. The SMILES string of the molecule is COc1c(C)cc(C)cc1CNS(=O)(=O)c1cccc(C(C)=O)c1. The van der Waals surface area contributed by atoms with Gasteiger partial charge >= 0.3 is 0 Å². The molecule has 0 aliphatic rings. The summed E-state index contributed by atoms with van der Waals surface area (Å²) >= 11 is 0. The highest BCUT2D eigenvalue weighted by molar-refractivity contribution is 7.89. The van der Waals surface area contributed by atoms with Crippen molar-refractivity contribution in [3.8, 4) is 5.75 Å². The summed E-state index contributed by atoms with van der Waals surface area (Å²) in [5, 5.41) is 0. The Morgan fingerprint density at radius 2 is 1.88 bits per heavy atom. The number of ether oxygens (including phenoxy) is 1. The normalized spacial score (nSPS) is 11.3. The van der Waals surface area contributed by atoms with E-state index >= 15 is 0 Å². The number of hydrogen-bond donors (Lipinski definition) is 1. The number of nitrogens with one attached hydrogen (secondary N) is 1. The number of sulfonamides is 1. The summed E-state index contributed by atoms with van der Waals surface area (Å²) in [5.74, 6) is 0.490. The van der Waals surface area contributed by atoms with Gasteiger partial charge in [-0.25, -0.2) is 13.1 Å². The van der Waals surface area contributed by atoms with Crippen LogP contribution in [0.15, 0.2) is 41.3 Å². The number of benzene rings is 2. The first kappa shape index (κ1) is 18.2. The molecule has 2 rings (SSSR count). The molecule has 2 aromatic carbocycles. The van der Waals surface area contributed by atoms with Crippen LogP contribution in [0.25, 0.3) is 0 Å². The second kappa shape index (κ2) is 7.15. The lowest BCUT2D eigenvalue weighted by molar-refractivity contribution is 0.101. The Kier molecular flexibility index (Phi) is 5.41. The summed E-state index contributed by atoms with van der Waals surface area (Å²) in [7, 11) is -2.16. The molecule has 6 heteroatoms. The molecule has 0 unspecified atom stereocenters. The predicted octanol–water partition coefficient (Wildman–Crippen LogP) is 2.99. The average Bonchev–Trinajstić information content (AvgIpc) is 2.52. The lowest BCUT2D eigenvalue weighted by Gasteiger charge is -2.14. The van der Waals surface area contributed by atoms with E-state index in [1.165, 1.54) is 19.1 Å². The molecule has 0 amide bonds. The highest BCUT2D eigenvalue weighted by atomic mass is 32.2. The van der Waals surface area contributed by atoms with Gasteiger partial charge in [0, 0.05) is 17.7 Å². The molecule has 0 heterocycles. The van der Waals surface area contributed by atoms with Crippen LogP contribution in [0.5, 0.6) is 5.75 Å². The molecule has 2 aromatic rings. The minimum absolute atomic E-state index is 0.0681. The number of ketones is 1. The number of carbonyl (C=O) groups excluding carboxylic acids is 1. The van der Waals surface area contributed by atoms with Crippen LogP contribution in [-0.4, -0.2) is 21.3 Å². The van der Waals surface area contributed by atoms with E-state index in [2.05, 4.69) is 4.72 Å². The lowest BCUT2D eigenvalue weighted by atomic mass is 10.1. The molecule has 0 aliphatic carbocycles. The van der Waals surface area contributed by atoms with Crippen molar-refractivity contribution >= 4 is 15.8 Å². The van der Waals surface area contributed by atoms with E-state index in [-0.39, 0.29) is 17.2 Å². The summed E-state index contributed by atoms with van der Waals surface area (Å²) in [6.07, 6.45) is 0. The summed E-state index contributed by atoms with van der Waals surface area (Å²) in [6.45, 7) is 5.37. The zero-order valence-electron chi connectivity index (χ0n) is 14.2. The van der Waals surface area contributed by atoms with E-state index in [1.807, 2.05) is 26.0 Å². The standard InChI is InChI=1S/C18H21NO4S/c1-12-8-13(2)18(23-4)16(9-12)11-19-24(21,22)17-7-5-6-15(10-17)14(3)20/h5-10,19H,11H2,1-4H3. The van der Waals surface area contributed by atoms with Crippen LogP contribution in [0.4, 0.5) is 0 Å². The van der Waals surface area contributed by atoms with Gasteiger partial charge < -0.3 is 4.74 Å². The smallest absolute Gasteiger partial charge is 0.240 e. The van der Waals surface area contributed by atoms with Crippen molar-refractivity contribution in [2.45, 2.75) is 32.2 Å². The minimum atomic E-state index is -3.72. The predicted molar refractivity (Wildman–Crippen MR) is 92.9 cm³/mol. The largest absolute Gasteiger partial charge is 0.496 e. The summed E-state index contributed by atoms with van der Waals surface area (Å²) in [6, 6.07) is 9.86. The molecule has 0 aliphatic heterocycles. The van der Waals surface area contributed by atoms with E-state index < -0.39 is 10.0 Å². The molecule has 0 bridgehead atoms. The maximum atomic E-state index is 12.5. The van der Waals surface area contributed by atoms with Crippen molar-refractivity contribution in [3.63, 3.8) is 0 Å². The molecular weight excluding hydrogens is 326 g/mol. The summed E-state index contributed by atoms with van der Waals surface area (Å²) in [5.41, 5.74) is 3.11. The highest BCUT2D eigenvalue weighted by Crippen LogP contribution is 2.25. The van der Waals surface area contributed by atoms with Gasteiger partial charge in [-0.3, -0.25) is 4.79 Å². The van der Waals surface area contributed by atoms with Crippen molar-refractivity contribution in [1.29, 1.82) is 0 Å². The molecule has 5 nitrogen and oxygen atoms in total. The van der Waals surface area contributed by atoms with Gasteiger partial charge in [0.05, 0.1) is 12.0 Å². The zero-order chi connectivity index (χ0) is 17.9. The molecule has 0 saturated carbocycles. The van der Waals surface area contributed by atoms with Crippen molar-refractivity contribution in [3.05, 3.63) is 58.7 Å². The third-order valence-electron chi connectivity index (χ3n) is 3.70. The fraction of sp³-hybridized carbons (Fsp3) is 0.278. The molecule has 0 spiro atoms. The Labute approximate surface area is 142 Å². The van der Waals surface area contributed by atoms with Crippen molar-refractivity contribution in [2.24, 2.45) is 0 Å². The first-order valence-corrected chi connectivity index (χ1v) is 8.97. The number of aryl methyl sites for hydroxylation is 2. The maximum Gasteiger partial charge on any atom is 0.240 e. The molecule has 128 valence electrons. The van der Waals surface area contributed by atoms with Gasteiger partial charge in [0.25, 0.3) is 0 Å². The van der Waals surface area contributed by atoms with Gasteiger partial charge in [-0.15, -0.1) is 0 Å². The van der Waals surface area contributed by atoms with Gasteiger partial charge in [-0.05, 0) is 38.5 Å². The molecule has 24 heavy (non-hydrogen) atoms. The van der Waals surface area contributed by atoms with Crippen LogP contribution >= 0.6 is 0 Å². The van der Waals surface area contributed by atoms with Crippen LogP contribution in [-0.2, 0) is 16.6 Å². The van der Waals surface area contributed by atoms with E-state index in [0.29, 0.717) is 11.3 Å². The number of methoxy groups -OCH3 is 1. The van der Waals surface area contributed by atoms with Gasteiger partial charge in [0.1, 0.15) is 5.75 Å². The maximum absolute atomic E-state index is 12.5. The quantitative estimate of drug-likeness (QED) is 0.816. The first-order valence-electron chi connectivity index (χ1n) is 7.49. The average molecular weight is 347 g/mol. The molecule has 0 fully saturated rings. The fourth-order valence-corrected chi connectivity index (χ4v) is 3.66. The van der Waals surface area contributed by atoms with Crippen LogP contribution in [0.3, 0.4) is 0 Å². The van der Waals surface area contributed by atoms with Crippen molar-refractivity contribution < 1.29 is 17.9 Å². The van der Waals surface area contributed by atoms with Crippen molar-refractivity contribution in [1.82, 2.24) is 4.72 Å². The van der Waals surface area contributed by atoms with Gasteiger partial charge in [-0.2, -0.15) is 0 Å². The van der Waals surface area contributed by atoms with E-state index in [9.17, 15) is 13.2 Å². The number of Topliss-reactive ketones (excluding diaryl/α,β-unsaturated/α-hetero) is 1. The summed E-state index contributed by atoms with van der Waals surface area (Å²) in [4.78, 5) is 11.5. The van der Waals surface area contributed by atoms with Crippen LogP contribution in [0.2, 0.25) is 0 Å². The van der Waals surface area contributed by atoms with Crippen LogP contribution in [0.1, 0.15) is 34.0 Å². The molecule has 0 aromatic heterocycles. The molecule has 0 atom stereocenters. The van der Waals surface area contributed by atoms with Crippen LogP contribution < -0.4 is 9.46 Å². The van der Waals surface area contributed by atoms with E-state index in [1.54, 1.807) is 19.2 Å². The second-order valence-electron chi connectivity index (χ2n) is 5.68. The monoisotopic (exact) mass is 347 g/mol. The Morgan fingerprint density at radius 3 is 2.50 bits per heavy atom. The second-order valence-corrected chi connectivity index (χ2v) is 7.45. The van der Waals surface area contributed by atoms with Crippen LogP contribution in [0, 0.1) is 13.8 Å². The first-order chi connectivity index (χ1) is 11.2. The fourth-order valence-electron chi connectivity index (χ4n) is 2.60. The zero-order valence-corrected chi connectivity index (χ0v) is 15.0. The Morgan fingerprint density at radius 1 is 1.17 bits per heavy atom. The molecule has 0 saturated heterocycles. The summed E-state index contributed by atoms with van der Waals surface area (Å²) < 4.78 is 32.9. The topological polar surface area (TPSA) is 72.5 Å². The van der Waals surface area contributed by atoms with E-state index in [0.717, 1.165) is 16.7 Å². The minimum Gasteiger partial charge on any atom is -0.496 e. The van der Waals surface area contributed by atoms with Gasteiger partial charge in [-0.1, -0.05) is 29.8 Å². The molecular formula is C18H21NO4S. The Balaban J connectivity index is 2.28.